The molecule has 1 aliphatic rings. The van der Waals surface area contributed by atoms with Crippen LogP contribution in [0.2, 0.25) is 0 Å². The lowest BCUT2D eigenvalue weighted by Gasteiger charge is -2.32. The van der Waals surface area contributed by atoms with E-state index >= 15 is 0 Å². The molecule has 1 saturated heterocycles. The fourth-order valence-corrected chi connectivity index (χ4v) is 4.04. The van der Waals surface area contributed by atoms with E-state index < -0.39 is 0 Å². The molecule has 0 unspecified atom stereocenters. The van der Waals surface area contributed by atoms with Crippen molar-refractivity contribution in [2.45, 2.75) is 32.4 Å². The molecule has 0 radical (unpaired) electrons. The third kappa shape index (κ3) is 4.67. The Hall–Kier alpha value is -3.45. The molecule has 0 atom stereocenters. The summed E-state index contributed by atoms with van der Waals surface area (Å²) >= 11 is 0. The molecule has 1 fully saturated rings. The summed E-state index contributed by atoms with van der Waals surface area (Å²) in [6, 6.07) is 18.3. The predicted octanol–water partition coefficient (Wildman–Crippen LogP) is 4.53. The van der Waals surface area contributed by atoms with Gasteiger partial charge in [-0.3, -0.25) is 10.00 Å². The highest BCUT2D eigenvalue weighted by atomic mass is 16.5. The van der Waals surface area contributed by atoms with Crippen LogP contribution in [0.25, 0.3) is 10.9 Å². The zero-order valence-corrected chi connectivity index (χ0v) is 17.6. The topological polar surface area (TPSA) is 79.0 Å². The van der Waals surface area contributed by atoms with Gasteiger partial charge in [0.1, 0.15) is 5.75 Å². The molecule has 5 rings (SSSR count). The molecule has 2 N–H and O–H groups in total. The minimum Gasteiger partial charge on any atom is -0.439 e. The number of aromatic amines is 1. The Morgan fingerprint density at radius 1 is 1.10 bits per heavy atom. The van der Waals surface area contributed by atoms with Gasteiger partial charge in [0.15, 0.2) is 0 Å². The van der Waals surface area contributed by atoms with Crippen LogP contribution in [0, 0.1) is 6.92 Å². The Labute approximate surface area is 181 Å². The molecule has 0 aliphatic carbocycles. The number of aromatic nitrogens is 4. The van der Waals surface area contributed by atoms with E-state index in [2.05, 4.69) is 42.5 Å². The maximum absolute atomic E-state index is 5.89. The number of piperidine rings is 1. The molecule has 2 aromatic heterocycles. The number of nitrogens with zero attached hydrogens (tertiary/aromatic N) is 4. The summed E-state index contributed by atoms with van der Waals surface area (Å²) < 4.78 is 5.89. The highest BCUT2D eigenvalue weighted by Gasteiger charge is 2.21. The fourth-order valence-electron chi connectivity index (χ4n) is 4.04. The number of ether oxygens (including phenoxy) is 1. The van der Waals surface area contributed by atoms with E-state index in [0.29, 0.717) is 17.9 Å². The molecule has 158 valence electrons. The Morgan fingerprint density at radius 3 is 2.84 bits per heavy atom. The van der Waals surface area contributed by atoms with Crippen LogP contribution in [0.1, 0.15) is 24.1 Å². The second-order valence-electron chi connectivity index (χ2n) is 8.05. The molecule has 7 heteroatoms. The van der Waals surface area contributed by atoms with Gasteiger partial charge in [-0.2, -0.15) is 10.1 Å². The molecular formula is C24H26N6O. The zero-order chi connectivity index (χ0) is 21.0. The highest BCUT2D eigenvalue weighted by Crippen LogP contribution is 2.23. The number of benzene rings is 2. The normalized spacial score (nSPS) is 15.3. The van der Waals surface area contributed by atoms with E-state index in [-0.39, 0.29) is 0 Å². The van der Waals surface area contributed by atoms with Gasteiger partial charge in [-0.15, -0.1) is 0 Å². The zero-order valence-electron chi connectivity index (χ0n) is 17.6. The van der Waals surface area contributed by atoms with E-state index in [1.807, 2.05) is 43.3 Å². The first-order valence-corrected chi connectivity index (χ1v) is 10.7. The van der Waals surface area contributed by atoms with Gasteiger partial charge in [-0.05, 0) is 43.5 Å². The molecule has 0 bridgehead atoms. The van der Waals surface area contributed by atoms with Gasteiger partial charge in [0.2, 0.25) is 11.8 Å². The number of para-hydroxylation sites is 1. The van der Waals surface area contributed by atoms with Crippen LogP contribution >= 0.6 is 0 Å². The van der Waals surface area contributed by atoms with Crippen molar-refractivity contribution < 1.29 is 4.74 Å². The monoisotopic (exact) mass is 414 g/mol. The van der Waals surface area contributed by atoms with E-state index in [0.717, 1.165) is 49.3 Å². The number of likely N-dealkylation sites (tertiary alicyclic amines) is 1. The molecule has 2 aromatic carbocycles. The minimum absolute atomic E-state index is 0.351. The van der Waals surface area contributed by atoms with Gasteiger partial charge >= 0.3 is 0 Å². The summed E-state index contributed by atoms with van der Waals surface area (Å²) in [4.78, 5) is 11.4. The third-order valence-electron chi connectivity index (χ3n) is 5.68. The van der Waals surface area contributed by atoms with Gasteiger partial charge in [-0.25, -0.2) is 4.98 Å². The molecule has 4 aromatic rings. The van der Waals surface area contributed by atoms with Crippen LogP contribution in [0.15, 0.2) is 60.8 Å². The molecule has 7 nitrogen and oxygen atoms in total. The number of H-pyrrole nitrogens is 1. The second kappa shape index (κ2) is 8.73. The molecule has 0 spiro atoms. The van der Waals surface area contributed by atoms with Crippen molar-refractivity contribution in [3.05, 3.63) is 72.1 Å². The SMILES string of the molecule is Cc1cccc(Oc2ccnc(NC3CCN(Cc4[nH]nc5ccccc45)CC3)n2)c1. The van der Waals surface area contributed by atoms with E-state index in [4.69, 9.17) is 4.74 Å². The van der Waals surface area contributed by atoms with Crippen LogP contribution in [-0.2, 0) is 6.54 Å². The van der Waals surface area contributed by atoms with Crippen LogP contribution in [0.4, 0.5) is 5.95 Å². The van der Waals surface area contributed by atoms with Crippen molar-refractivity contribution in [2.24, 2.45) is 0 Å². The standard InChI is InChI=1S/C24H26N6O/c1-17-5-4-6-19(15-17)31-23-9-12-25-24(27-23)26-18-10-13-30(14-11-18)16-22-20-7-2-3-8-21(20)28-29-22/h2-9,12,15,18H,10-11,13-14,16H2,1H3,(H,28,29)(H,25,26,27). The van der Waals surface area contributed by atoms with E-state index in [1.165, 1.54) is 11.1 Å². The number of hydrogen-bond acceptors (Lipinski definition) is 6. The van der Waals surface area contributed by atoms with Crippen molar-refractivity contribution in [2.75, 3.05) is 18.4 Å². The van der Waals surface area contributed by atoms with Crippen molar-refractivity contribution in [3.8, 4) is 11.6 Å². The lowest BCUT2D eigenvalue weighted by molar-refractivity contribution is 0.209. The molecule has 0 saturated carbocycles. The van der Waals surface area contributed by atoms with E-state index in [9.17, 15) is 0 Å². The molecule has 31 heavy (non-hydrogen) atoms. The fraction of sp³-hybridized carbons (Fsp3) is 0.292. The maximum Gasteiger partial charge on any atom is 0.226 e. The Morgan fingerprint density at radius 2 is 1.97 bits per heavy atom. The predicted molar refractivity (Wildman–Crippen MR) is 121 cm³/mol. The van der Waals surface area contributed by atoms with Crippen molar-refractivity contribution in [1.29, 1.82) is 0 Å². The van der Waals surface area contributed by atoms with E-state index in [1.54, 1.807) is 12.3 Å². The summed E-state index contributed by atoms with van der Waals surface area (Å²) in [5, 5.41) is 12.3. The first-order chi connectivity index (χ1) is 15.2. The van der Waals surface area contributed by atoms with Gasteiger partial charge in [0.05, 0.1) is 11.2 Å². The number of hydrogen-bond donors (Lipinski definition) is 2. The summed E-state index contributed by atoms with van der Waals surface area (Å²) in [6.45, 7) is 4.97. The number of aryl methyl sites for hydroxylation is 1. The summed E-state index contributed by atoms with van der Waals surface area (Å²) in [6.07, 6.45) is 3.82. The molecule has 1 aliphatic heterocycles. The maximum atomic E-state index is 5.89. The Bertz CT molecular complexity index is 1170. The first-order valence-electron chi connectivity index (χ1n) is 10.7. The molecular weight excluding hydrogens is 388 g/mol. The highest BCUT2D eigenvalue weighted by molar-refractivity contribution is 5.81. The second-order valence-corrected chi connectivity index (χ2v) is 8.05. The average Bonchev–Trinajstić information content (AvgIpc) is 3.18. The quantitative estimate of drug-likeness (QED) is 0.483. The van der Waals surface area contributed by atoms with Crippen molar-refractivity contribution >= 4 is 16.9 Å². The van der Waals surface area contributed by atoms with Crippen LogP contribution in [0.5, 0.6) is 11.6 Å². The van der Waals surface area contributed by atoms with Crippen molar-refractivity contribution in [3.63, 3.8) is 0 Å². The van der Waals surface area contributed by atoms with Crippen LogP contribution < -0.4 is 10.1 Å². The van der Waals surface area contributed by atoms with Crippen molar-refractivity contribution in [1.82, 2.24) is 25.1 Å². The average molecular weight is 415 g/mol. The Kier molecular flexibility index (Phi) is 5.50. The number of anilines is 1. The largest absolute Gasteiger partial charge is 0.439 e. The lowest BCUT2D eigenvalue weighted by atomic mass is 10.0. The summed E-state index contributed by atoms with van der Waals surface area (Å²) in [7, 11) is 0. The summed E-state index contributed by atoms with van der Waals surface area (Å²) in [5.74, 6) is 1.94. The first kappa shape index (κ1) is 19.5. The minimum atomic E-state index is 0.351. The van der Waals surface area contributed by atoms with Gasteiger partial charge in [0.25, 0.3) is 0 Å². The smallest absolute Gasteiger partial charge is 0.226 e. The lowest BCUT2D eigenvalue weighted by Crippen LogP contribution is -2.39. The van der Waals surface area contributed by atoms with Crippen LogP contribution in [0.3, 0.4) is 0 Å². The van der Waals surface area contributed by atoms with Crippen LogP contribution in [-0.4, -0.2) is 44.2 Å². The third-order valence-corrected chi connectivity index (χ3v) is 5.68. The number of nitrogens with one attached hydrogen (secondary N) is 2. The summed E-state index contributed by atoms with van der Waals surface area (Å²) in [5.41, 5.74) is 3.37. The van der Waals surface area contributed by atoms with Gasteiger partial charge in [-0.1, -0.05) is 30.3 Å². The molecule has 3 heterocycles. The number of rotatable bonds is 6. The van der Waals surface area contributed by atoms with Gasteiger partial charge < -0.3 is 10.1 Å². The molecule has 0 amide bonds. The van der Waals surface area contributed by atoms with Gasteiger partial charge in [0, 0.05) is 43.3 Å². The Balaban J connectivity index is 1.16. The number of fused-ring (bicyclic) bond motifs is 1.